The van der Waals surface area contributed by atoms with Crippen LogP contribution in [0.25, 0.3) is 0 Å². The molecule has 0 aromatic heterocycles. The Morgan fingerprint density at radius 1 is 0.167 bits per heavy atom. The van der Waals surface area contributed by atoms with Gasteiger partial charge in [-0.3, -0.25) is 0 Å². The van der Waals surface area contributed by atoms with Crippen LogP contribution in [-0.4, -0.2) is 0 Å². The molecule has 0 fully saturated rings. The van der Waals surface area contributed by atoms with Gasteiger partial charge in [-0.1, -0.05) is 159 Å². The Bertz CT molecular complexity index is 2710. The van der Waals surface area contributed by atoms with E-state index in [-0.39, 0.29) is 0 Å². The van der Waals surface area contributed by atoms with Gasteiger partial charge in [-0.05, 0) is 172 Å². The Kier molecular flexibility index (Phi) is 19.8. The number of hydrogen-bond donors (Lipinski definition) is 0. The first-order chi connectivity index (χ1) is 37.2. The fourth-order valence-electron chi connectivity index (χ4n) is 6.72. The highest BCUT2D eigenvalue weighted by Crippen LogP contribution is 2.52. The van der Waals surface area contributed by atoms with Crippen molar-refractivity contribution in [3.05, 3.63) is 268 Å². The summed E-state index contributed by atoms with van der Waals surface area (Å²) in [6.07, 6.45) is 0. The molecule has 0 aliphatic rings. The highest BCUT2D eigenvalue weighted by atomic mass is 31.2. The first-order valence-electron chi connectivity index (χ1n) is 24.9. The molecule has 0 saturated heterocycles. The van der Waals surface area contributed by atoms with Crippen LogP contribution in [0.5, 0.6) is 51.7 Å². The Morgan fingerprint density at radius 2 is 0.244 bits per heavy atom. The number of rotatable bonds is 18. The number of hydrogen-bond acceptors (Lipinski definition) is 12. The summed E-state index contributed by atoms with van der Waals surface area (Å²) in [4.78, 5) is 0. The maximum absolute atomic E-state index is 13.3. The third-order valence-corrected chi connectivity index (χ3v) is 15.1. The van der Waals surface area contributed by atoms with Gasteiger partial charge in [-0.15, -0.1) is 0 Å². The van der Waals surface area contributed by atoms with Crippen LogP contribution in [0.2, 0.25) is 0 Å². The van der Waals surface area contributed by atoms with Gasteiger partial charge >= 0.3 is 23.5 Å². The lowest BCUT2D eigenvalue weighted by atomic mass is 10.2. The van der Waals surface area contributed by atoms with Gasteiger partial charge in [0.2, 0.25) is 0 Å². The van der Waals surface area contributed by atoms with Gasteiger partial charge in [-0.2, -0.15) is 13.7 Å². The van der Waals surface area contributed by atoms with Crippen LogP contribution >= 0.6 is 23.5 Å². The molecule has 9 rings (SSSR count). The molecule has 0 saturated carbocycles. The van der Waals surface area contributed by atoms with Crippen LogP contribution < -0.4 is 40.7 Å². The van der Waals surface area contributed by atoms with E-state index >= 15 is 0 Å². The van der Waals surface area contributed by atoms with E-state index in [0.717, 1.165) is 50.1 Å². The molecule has 0 amide bonds. The average molecular weight is 1110 g/mol. The minimum absolute atomic E-state index is 0.415. The molecule has 0 aliphatic carbocycles. The molecule has 78 heavy (non-hydrogen) atoms. The number of phosphoric ester groups is 3. The molecule has 9 aromatic rings. The van der Waals surface area contributed by atoms with Crippen LogP contribution in [0.4, 0.5) is 0 Å². The van der Waals surface area contributed by atoms with Crippen LogP contribution in [0.3, 0.4) is 0 Å². The lowest BCUT2D eigenvalue weighted by Gasteiger charge is -2.19. The predicted octanol–water partition coefficient (Wildman–Crippen LogP) is 18.8. The van der Waals surface area contributed by atoms with Gasteiger partial charge < -0.3 is 40.7 Å². The SMILES string of the molecule is Cc1ccc(OP(=O)(Oc2ccc(C)cc2)Oc2ccc(C)cc2)cc1.Cc1ccc(OP(=O)(Oc2ccc(C)cc2)Oc2ccc(C)cc2)cc1.Cc1ccc(OP(=O)(Oc2ccc(C)cc2)Oc2ccc(C)cc2)cc1. The number of benzene rings is 9. The molecule has 0 bridgehead atoms. The van der Waals surface area contributed by atoms with Crippen LogP contribution in [0.15, 0.2) is 218 Å². The largest absolute Gasteiger partial charge is 0.647 e. The average Bonchev–Trinajstić information content (AvgIpc) is 3.41. The zero-order valence-corrected chi connectivity index (χ0v) is 47.7. The summed E-state index contributed by atoms with van der Waals surface area (Å²) in [5.74, 6) is 3.73. The van der Waals surface area contributed by atoms with E-state index in [2.05, 4.69) is 0 Å². The summed E-state index contributed by atoms with van der Waals surface area (Å²) in [5.41, 5.74) is 9.68. The number of phosphoric acid groups is 3. The fraction of sp³-hybridized carbons (Fsp3) is 0.143. The lowest BCUT2D eigenvalue weighted by molar-refractivity contribution is 0.296. The second-order valence-corrected chi connectivity index (χ2v) is 22.8. The van der Waals surface area contributed by atoms with Gasteiger partial charge in [0.1, 0.15) is 51.7 Å². The summed E-state index contributed by atoms with van der Waals surface area (Å²) in [6, 6.07) is 64.9. The topological polar surface area (TPSA) is 134 Å². The van der Waals surface area contributed by atoms with Gasteiger partial charge in [-0.25, -0.2) is 0 Å². The Morgan fingerprint density at radius 3 is 0.321 bits per heavy atom. The van der Waals surface area contributed by atoms with Crippen molar-refractivity contribution < 1.29 is 54.4 Å². The van der Waals surface area contributed by atoms with E-state index in [0.29, 0.717) is 51.7 Å². The van der Waals surface area contributed by atoms with Crippen molar-refractivity contribution in [3.8, 4) is 51.7 Å². The second kappa shape index (κ2) is 26.8. The van der Waals surface area contributed by atoms with E-state index in [1.807, 2.05) is 172 Å². The molecule has 0 aliphatic heterocycles. The van der Waals surface area contributed by atoms with Crippen molar-refractivity contribution in [1.29, 1.82) is 0 Å². The first-order valence-corrected chi connectivity index (χ1v) is 29.3. The van der Waals surface area contributed by atoms with E-state index in [1.165, 1.54) is 0 Å². The minimum Gasteiger partial charge on any atom is -0.386 e. The summed E-state index contributed by atoms with van der Waals surface area (Å²) in [6.45, 7) is 17.7. The second-order valence-electron chi connectivity index (χ2n) is 18.5. The van der Waals surface area contributed by atoms with Crippen molar-refractivity contribution in [2.24, 2.45) is 0 Å². The highest BCUT2D eigenvalue weighted by Gasteiger charge is 2.35. The van der Waals surface area contributed by atoms with Gasteiger partial charge in [0.15, 0.2) is 0 Å². The van der Waals surface area contributed by atoms with E-state index < -0.39 is 23.5 Å². The fourth-order valence-corrected chi connectivity index (χ4v) is 10.5. The zero-order valence-electron chi connectivity index (χ0n) is 45.0. The minimum atomic E-state index is -3.93. The van der Waals surface area contributed by atoms with Gasteiger partial charge in [0.25, 0.3) is 0 Å². The quantitative estimate of drug-likeness (QED) is 0.0757. The first kappa shape index (κ1) is 57.6. The van der Waals surface area contributed by atoms with E-state index in [1.54, 1.807) is 109 Å². The maximum Gasteiger partial charge on any atom is 0.647 e. The molecule has 0 unspecified atom stereocenters. The molecular weight excluding hydrogens is 1040 g/mol. The molecule has 0 radical (unpaired) electrons. The molecule has 12 nitrogen and oxygen atoms in total. The Labute approximate surface area is 458 Å². The molecule has 0 spiro atoms. The van der Waals surface area contributed by atoms with Crippen molar-refractivity contribution in [1.82, 2.24) is 0 Å². The van der Waals surface area contributed by atoms with Crippen LogP contribution in [-0.2, 0) is 13.7 Å². The van der Waals surface area contributed by atoms with Crippen molar-refractivity contribution >= 4 is 23.5 Å². The molecule has 0 heterocycles. The molecule has 15 heteroatoms. The normalized spacial score (nSPS) is 11.0. The monoisotopic (exact) mass is 1100 g/mol. The van der Waals surface area contributed by atoms with Crippen molar-refractivity contribution in [3.63, 3.8) is 0 Å². The van der Waals surface area contributed by atoms with Gasteiger partial charge in [0.05, 0.1) is 0 Å². The molecular formula is C63H63O12P3. The Balaban J connectivity index is 0.000000170. The lowest BCUT2D eigenvalue weighted by Crippen LogP contribution is -2.07. The molecule has 0 atom stereocenters. The summed E-state index contributed by atoms with van der Waals surface area (Å²) < 4.78 is 90.7. The standard InChI is InChI=1S/3C21H21O4P/c3*1-16-4-10-19(11-5-16)23-26(22,24-20-12-6-17(2)7-13-20)25-21-14-8-18(3)9-15-21/h3*4-15H,1-3H3. The highest BCUT2D eigenvalue weighted by molar-refractivity contribution is 7.50. The predicted molar refractivity (Wildman–Crippen MR) is 309 cm³/mol. The third kappa shape index (κ3) is 18.9. The smallest absolute Gasteiger partial charge is 0.386 e. The van der Waals surface area contributed by atoms with Crippen LogP contribution in [0, 0.1) is 62.3 Å². The number of aryl methyl sites for hydroxylation is 9. The van der Waals surface area contributed by atoms with Gasteiger partial charge in [0, 0.05) is 0 Å². The zero-order chi connectivity index (χ0) is 55.7. The van der Waals surface area contributed by atoms with E-state index in [4.69, 9.17) is 40.7 Å². The summed E-state index contributed by atoms with van der Waals surface area (Å²) in [5, 5.41) is 0. The summed E-state index contributed by atoms with van der Waals surface area (Å²) in [7, 11) is -11.8. The van der Waals surface area contributed by atoms with Crippen molar-refractivity contribution in [2.45, 2.75) is 62.3 Å². The van der Waals surface area contributed by atoms with Crippen molar-refractivity contribution in [2.75, 3.05) is 0 Å². The van der Waals surface area contributed by atoms with E-state index in [9.17, 15) is 13.7 Å². The third-order valence-electron chi connectivity index (χ3n) is 11.1. The maximum atomic E-state index is 13.3. The van der Waals surface area contributed by atoms with Crippen LogP contribution in [0.1, 0.15) is 50.1 Å². The summed E-state index contributed by atoms with van der Waals surface area (Å²) >= 11 is 0. The molecule has 0 N–H and O–H groups in total. The Hall–Kier alpha value is -8.13. The molecule has 9 aromatic carbocycles. The molecule has 402 valence electrons.